The summed E-state index contributed by atoms with van der Waals surface area (Å²) in [5.74, 6) is -0.0627. The Bertz CT molecular complexity index is 1010. The van der Waals surface area contributed by atoms with Crippen LogP contribution >= 0.6 is 0 Å². The molecule has 150 valence electrons. The number of anilines is 1. The van der Waals surface area contributed by atoms with Crippen LogP contribution in [0.5, 0.6) is 0 Å². The van der Waals surface area contributed by atoms with Crippen LogP contribution in [0.1, 0.15) is 45.6 Å². The molecule has 29 heavy (non-hydrogen) atoms. The standard InChI is InChI=1S/C20H18N4O2.C3H8/c1-13(25)10-11-18(26)24-12-14-6-2-3-7-15(14)19-20(22-23-21-19)16-8-4-5-9-17(16)24;1-3-2/h2-9H,10-12H2,1H3,(H,21,22,23);3H2,1-2H3. The Morgan fingerprint density at radius 3 is 2.21 bits per heavy atom. The molecule has 0 aliphatic carbocycles. The van der Waals surface area contributed by atoms with Crippen LogP contribution in [0.4, 0.5) is 5.69 Å². The van der Waals surface area contributed by atoms with Crippen LogP contribution in [-0.4, -0.2) is 27.1 Å². The van der Waals surface area contributed by atoms with Gasteiger partial charge in [0.25, 0.3) is 0 Å². The van der Waals surface area contributed by atoms with Gasteiger partial charge in [-0.3, -0.25) is 4.79 Å². The molecular formula is C23H26N4O2. The highest BCUT2D eigenvalue weighted by Gasteiger charge is 2.27. The van der Waals surface area contributed by atoms with Gasteiger partial charge < -0.3 is 9.69 Å². The molecule has 6 heteroatoms. The molecule has 2 heterocycles. The van der Waals surface area contributed by atoms with Gasteiger partial charge in [-0.2, -0.15) is 15.4 Å². The molecule has 0 radical (unpaired) electrons. The van der Waals surface area contributed by atoms with Crippen molar-refractivity contribution >= 4 is 17.4 Å². The zero-order valence-corrected chi connectivity index (χ0v) is 17.1. The summed E-state index contributed by atoms with van der Waals surface area (Å²) in [6.45, 7) is 6.18. The van der Waals surface area contributed by atoms with E-state index in [0.717, 1.165) is 33.8 Å². The maximum Gasteiger partial charge on any atom is 0.227 e. The summed E-state index contributed by atoms with van der Waals surface area (Å²) in [5.41, 5.74) is 5.08. The number of fused-ring (bicyclic) bond motifs is 5. The van der Waals surface area contributed by atoms with Crippen molar-refractivity contribution in [3.05, 3.63) is 54.1 Å². The van der Waals surface area contributed by atoms with Crippen molar-refractivity contribution in [3.8, 4) is 22.5 Å². The van der Waals surface area contributed by atoms with E-state index in [0.29, 0.717) is 6.54 Å². The minimum Gasteiger partial charge on any atom is -0.307 e. The third-order valence-electron chi connectivity index (χ3n) is 4.59. The summed E-state index contributed by atoms with van der Waals surface area (Å²) in [4.78, 5) is 26.0. The molecule has 0 fully saturated rings. The molecule has 0 unspecified atom stereocenters. The van der Waals surface area contributed by atoms with E-state index in [1.54, 1.807) is 4.90 Å². The monoisotopic (exact) mass is 390 g/mol. The highest BCUT2D eigenvalue weighted by molar-refractivity contribution is 6.01. The highest BCUT2D eigenvalue weighted by Crippen LogP contribution is 2.39. The summed E-state index contributed by atoms with van der Waals surface area (Å²) >= 11 is 0. The summed E-state index contributed by atoms with van der Waals surface area (Å²) in [6.07, 6.45) is 1.69. The van der Waals surface area contributed by atoms with E-state index in [9.17, 15) is 9.59 Å². The van der Waals surface area contributed by atoms with Gasteiger partial charge in [-0.05, 0) is 18.6 Å². The second-order valence-electron chi connectivity index (χ2n) is 7.08. The lowest BCUT2D eigenvalue weighted by atomic mass is 9.95. The van der Waals surface area contributed by atoms with Crippen LogP contribution in [0.15, 0.2) is 48.5 Å². The van der Waals surface area contributed by atoms with Gasteiger partial charge in [0.2, 0.25) is 5.91 Å². The van der Waals surface area contributed by atoms with Gasteiger partial charge in [-0.15, -0.1) is 0 Å². The molecule has 1 amide bonds. The van der Waals surface area contributed by atoms with Gasteiger partial charge >= 0.3 is 0 Å². The van der Waals surface area contributed by atoms with Crippen molar-refractivity contribution in [2.75, 3.05) is 4.90 Å². The van der Waals surface area contributed by atoms with Crippen LogP contribution < -0.4 is 4.90 Å². The molecule has 6 nitrogen and oxygen atoms in total. The average molecular weight is 390 g/mol. The maximum absolute atomic E-state index is 12.9. The SMILES string of the molecule is CC(=O)CCC(=O)N1Cc2ccccc2-c2n[nH]nc2-c2ccccc21.CCC. The number of aromatic nitrogens is 3. The molecule has 0 atom stereocenters. The number of nitrogens with one attached hydrogen (secondary N) is 1. The molecule has 0 bridgehead atoms. The number of hydrogen-bond acceptors (Lipinski definition) is 4. The summed E-state index contributed by atoms with van der Waals surface area (Å²) < 4.78 is 0. The topological polar surface area (TPSA) is 79.0 Å². The number of hydrogen-bond donors (Lipinski definition) is 1. The van der Waals surface area contributed by atoms with Crippen LogP contribution in [-0.2, 0) is 16.1 Å². The van der Waals surface area contributed by atoms with Gasteiger partial charge in [0, 0.05) is 24.0 Å². The lowest BCUT2D eigenvalue weighted by Crippen LogP contribution is -2.31. The Hall–Kier alpha value is -3.28. The lowest BCUT2D eigenvalue weighted by Gasteiger charge is -2.28. The van der Waals surface area contributed by atoms with E-state index < -0.39 is 0 Å². The molecule has 0 saturated heterocycles. The fourth-order valence-corrected chi connectivity index (χ4v) is 3.30. The number of aromatic amines is 1. The quantitative estimate of drug-likeness (QED) is 0.699. The third kappa shape index (κ3) is 4.42. The number of Topliss-reactive ketones (excluding diaryl/α,β-unsaturated/α-hetero) is 1. The first-order valence-corrected chi connectivity index (χ1v) is 9.95. The van der Waals surface area contributed by atoms with Crippen LogP contribution in [0.3, 0.4) is 0 Å². The number of amides is 1. The zero-order chi connectivity index (χ0) is 20.8. The number of para-hydroxylation sites is 1. The second-order valence-corrected chi connectivity index (χ2v) is 7.08. The summed E-state index contributed by atoms with van der Waals surface area (Å²) in [6, 6.07) is 15.6. The fraction of sp³-hybridized carbons (Fsp3) is 0.304. The van der Waals surface area contributed by atoms with Gasteiger partial charge in [0.05, 0.1) is 12.2 Å². The Labute approximate surface area is 170 Å². The molecule has 0 spiro atoms. The molecule has 0 saturated carbocycles. The van der Waals surface area contributed by atoms with E-state index in [-0.39, 0.29) is 24.5 Å². The number of benzene rings is 2. The Kier molecular flexibility index (Phi) is 6.54. The average Bonchev–Trinajstić information content (AvgIpc) is 3.19. The first-order valence-electron chi connectivity index (χ1n) is 9.95. The summed E-state index contributed by atoms with van der Waals surface area (Å²) in [5, 5.41) is 11.4. The maximum atomic E-state index is 12.9. The van der Waals surface area contributed by atoms with Crippen LogP contribution in [0.2, 0.25) is 0 Å². The van der Waals surface area contributed by atoms with Gasteiger partial charge in [-0.25, -0.2) is 0 Å². The van der Waals surface area contributed by atoms with Gasteiger partial charge in [0.1, 0.15) is 17.2 Å². The molecule has 1 aliphatic heterocycles. The zero-order valence-electron chi connectivity index (χ0n) is 17.1. The number of H-pyrrole nitrogens is 1. The minimum absolute atomic E-state index is 0.0119. The van der Waals surface area contributed by atoms with E-state index in [1.165, 1.54) is 13.3 Å². The number of rotatable bonds is 3. The first kappa shape index (κ1) is 20.5. The van der Waals surface area contributed by atoms with E-state index in [2.05, 4.69) is 29.3 Å². The number of carbonyl (C=O) groups is 2. The Morgan fingerprint density at radius 2 is 1.52 bits per heavy atom. The fourth-order valence-electron chi connectivity index (χ4n) is 3.30. The Morgan fingerprint density at radius 1 is 0.931 bits per heavy atom. The van der Waals surface area contributed by atoms with Crippen molar-refractivity contribution in [1.29, 1.82) is 0 Å². The number of carbonyl (C=O) groups excluding carboxylic acids is 2. The van der Waals surface area contributed by atoms with E-state index in [4.69, 9.17) is 0 Å². The molecule has 1 N–H and O–H groups in total. The Balaban J connectivity index is 0.000000755. The molecule has 4 rings (SSSR count). The molecule has 1 aromatic heterocycles. The third-order valence-corrected chi connectivity index (χ3v) is 4.59. The van der Waals surface area contributed by atoms with Crippen molar-refractivity contribution < 1.29 is 9.59 Å². The largest absolute Gasteiger partial charge is 0.307 e. The van der Waals surface area contributed by atoms with Gasteiger partial charge in [0.15, 0.2) is 0 Å². The summed E-state index contributed by atoms with van der Waals surface area (Å²) in [7, 11) is 0. The molecule has 1 aliphatic rings. The van der Waals surface area contributed by atoms with Crippen molar-refractivity contribution in [3.63, 3.8) is 0 Å². The van der Waals surface area contributed by atoms with E-state index >= 15 is 0 Å². The first-order chi connectivity index (χ1) is 14.1. The number of nitrogens with zero attached hydrogens (tertiary/aromatic N) is 3. The molecule has 3 aromatic rings. The van der Waals surface area contributed by atoms with Crippen molar-refractivity contribution in [2.24, 2.45) is 0 Å². The van der Waals surface area contributed by atoms with Crippen molar-refractivity contribution in [1.82, 2.24) is 15.4 Å². The molecule has 2 aromatic carbocycles. The predicted octanol–water partition coefficient (Wildman–Crippen LogP) is 4.77. The normalized spacial score (nSPS) is 11.8. The highest BCUT2D eigenvalue weighted by atomic mass is 16.2. The molecular weight excluding hydrogens is 364 g/mol. The number of ketones is 1. The van der Waals surface area contributed by atoms with E-state index in [1.807, 2.05) is 48.5 Å². The van der Waals surface area contributed by atoms with Crippen LogP contribution in [0, 0.1) is 0 Å². The van der Waals surface area contributed by atoms with Gasteiger partial charge in [-0.1, -0.05) is 62.7 Å². The lowest BCUT2D eigenvalue weighted by molar-refractivity contribution is -0.123. The van der Waals surface area contributed by atoms with Crippen molar-refractivity contribution in [2.45, 2.75) is 46.6 Å². The predicted molar refractivity (Wildman–Crippen MR) is 114 cm³/mol. The minimum atomic E-state index is -0.0746. The van der Waals surface area contributed by atoms with Crippen LogP contribution in [0.25, 0.3) is 22.5 Å². The smallest absolute Gasteiger partial charge is 0.227 e. The second kappa shape index (κ2) is 9.28.